The average molecular weight is 173 g/mol. The Balaban J connectivity index is 2.53. The van der Waals surface area contributed by atoms with Gasteiger partial charge in [-0.3, -0.25) is 9.69 Å². The predicted molar refractivity (Wildman–Crippen MR) is 44.1 cm³/mol. The molecular formula is C8H15NO3. The molecule has 1 fully saturated rings. The number of hydrogen-bond acceptors (Lipinski definition) is 3. The van der Waals surface area contributed by atoms with Crippen LogP contribution in [0.5, 0.6) is 0 Å². The van der Waals surface area contributed by atoms with Crippen LogP contribution in [0.4, 0.5) is 0 Å². The Morgan fingerprint density at radius 1 is 1.75 bits per heavy atom. The number of nitrogens with zero attached hydrogens (tertiary/aromatic N) is 1. The summed E-state index contributed by atoms with van der Waals surface area (Å²) in [5.74, 6) is -0.760. The molecule has 0 spiro atoms. The maximum Gasteiger partial charge on any atom is 0.320 e. The van der Waals surface area contributed by atoms with Crippen molar-refractivity contribution in [2.45, 2.75) is 25.9 Å². The Hall–Kier alpha value is -0.610. The fraction of sp³-hybridized carbons (Fsp3) is 0.875. The SMILES string of the molecule is CC1COCCN1C(C)C(=O)O. The fourth-order valence-electron chi connectivity index (χ4n) is 1.46. The van der Waals surface area contributed by atoms with Gasteiger partial charge in [0, 0.05) is 12.6 Å². The molecule has 2 unspecified atom stereocenters. The maximum absolute atomic E-state index is 10.7. The van der Waals surface area contributed by atoms with E-state index in [0.717, 1.165) is 0 Å². The first-order valence-electron chi connectivity index (χ1n) is 4.19. The van der Waals surface area contributed by atoms with Crippen LogP contribution < -0.4 is 0 Å². The second-order valence-corrected chi connectivity index (χ2v) is 3.18. The van der Waals surface area contributed by atoms with Gasteiger partial charge in [-0.15, -0.1) is 0 Å². The second kappa shape index (κ2) is 3.87. The summed E-state index contributed by atoms with van der Waals surface area (Å²) in [5.41, 5.74) is 0. The number of carboxylic acids is 1. The van der Waals surface area contributed by atoms with E-state index in [2.05, 4.69) is 0 Å². The van der Waals surface area contributed by atoms with Crippen LogP contribution in [-0.4, -0.2) is 47.8 Å². The van der Waals surface area contributed by atoms with Crippen molar-refractivity contribution in [2.24, 2.45) is 0 Å². The zero-order chi connectivity index (χ0) is 9.14. The molecule has 1 heterocycles. The summed E-state index contributed by atoms with van der Waals surface area (Å²) in [6, 6.07) is -0.186. The van der Waals surface area contributed by atoms with E-state index in [-0.39, 0.29) is 6.04 Å². The van der Waals surface area contributed by atoms with Gasteiger partial charge in [0.1, 0.15) is 6.04 Å². The number of morpholine rings is 1. The van der Waals surface area contributed by atoms with Gasteiger partial charge in [0.25, 0.3) is 0 Å². The van der Waals surface area contributed by atoms with E-state index in [1.54, 1.807) is 6.92 Å². The van der Waals surface area contributed by atoms with Crippen LogP contribution >= 0.6 is 0 Å². The van der Waals surface area contributed by atoms with Gasteiger partial charge in [0.05, 0.1) is 13.2 Å². The van der Waals surface area contributed by atoms with Gasteiger partial charge >= 0.3 is 5.97 Å². The van der Waals surface area contributed by atoms with Crippen molar-refractivity contribution in [1.29, 1.82) is 0 Å². The number of aliphatic carboxylic acids is 1. The summed E-state index contributed by atoms with van der Waals surface area (Å²) >= 11 is 0. The fourth-order valence-corrected chi connectivity index (χ4v) is 1.46. The zero-order valence-corrected chi connectivity index (χ0v) is 7.49. The maximum atomic E-state index is 10.7. The van der Waals surface area contributed by atoms with Gasteiger partial charge in [0.2, 0.25) is 0 Å². The summed E-state index contributed by atoms with van der Waals surface area (Å²) in [4.78, 5) is 12.6. The molecule has 0 aromatic carbocycles. The molecule has 1 saturated heterocycles. The van der Waals surface area contributed by atoms with Gasteiger partial charge in [-0.1, -0.05) is 0 Å². The first kappa shape index (κ1) is 9.48. The Labute approximate surface area is 72.1 Å². The predicted octanol–water partition coefficient (Wildman–Crippen LogP) is 0.180. The van der Waals surface area contributed by atoms with Gasteiger partial charge in [-0.2, -0.15) is 0 Å². The van der Waals surface area contributed by atoms with Gasteiger partial charge in [-0.05, 0) is 13.8 Å². The lowest BCUT2D eigenvalue weighted by molar-refractivity contribution is -0.146. The van der Waals surface area contributed by atoms with Crippen LogP contribution in [0.15, 0.2) is 0 Å². The zero-order valence-electron chi connectivity index (χ0n) is 7.49. The van der Waals surface area contributed by atoms with Crippen LogP contribution in [-0.2, 0) is 9.53 Å². The monoisotopic (exact) mass is 173 g/mol. The third-order valence-corrected chi connectivity index (χ3v) is 2.27. The van der Waals surface area contributed by atoms with Crippen LogP contribution in [0.1, 0.15) is 13.8 Å². The largest absolute Gasteiger partial charge is 0.480 e. The van der Waals surface area contributed by atoms with Crippen molar-refractivity contribution in [1.82, 2.24) is 4.90 Å². The first-order chi connectivity index (χ1) is 5.63. The number of carboxylic acid groups (broad SMARTS) is 1. The van der Waals surface area contributed by atoms with Crippen molar-refractivity contribution < 1.29 is 14.6 Å². The molecule has 0 aromatic heterocycles. The molecule has 1 aliphatic heterocycles. The summed E-state index contributed by atoms with van der Waals surface area (Å²) in [6.45, 7) is 5.69. The highest BCUT2D eigenvalue weighted by Crippen LogP contribution is 2.10. The minimum Gasteiger partial charge on any atom is -0.480 e. The number of hydrogen-bond donors (Lipinski definition) is 1. The molecule has 4 heteroatoms. The molecule has 0 radical (unpaired) electrons. The van der Waals surface area contributed by atoms with E-state index < -0.39 is 12.0 Å². The lowest BCUT2D eigenvalue weighted by atomic mass is 10.2. The van der Waals surface area contributed by atoms with E-state index in [4.69, 9.17) is 9.84 Å². The summed E-state index contributed by atoms with van der Waals surface area (Å²) in [6.07, 6.45) is 0. The van der Waals surface area contributed by atoms with E-state index in [1.807, 2.05) is 11.8 Å². The summed E-state index contributed by atoms with van der Waals surface area (Å²) < 4.78 is 5.21. The molecular weight excluding hydrogens is 158 g/mol. The van der Waals surface area contributed by atoms with Crippen molar-refractivity contribution >= 4 is 5.97 Å². The van der Waals surface area contributed by atoms with Crippen LogP contribution in [0.25, 0.3) is 0 Å². The van der Waals surface area contributed by atoms with E-state index in [0.29, 0.717) is 19.8 Å². The smallest absolute Gasteiger partial charge is 0.320 e. The highest BCUT2D eigenvalue weighted by Gasteiger charge is 2.27. The van der Waals surface area contributed by atoms with Gasteiger partial charge in [-0.25, -0.2) is 0 Å². The Bertz CT molecular complexity index is 172. The topological polar surface area (TPSA) is 49.8 Å². The number of ether oxygens (including phenoxy) is 1. The first-order valence-corrected chi connectivity index (χ1v) is 4.19. The quantitative estimate of drug-likeness (QED) is 0.647. The number of rotatable bonds is 2. The molecule has 12 heavy (non-hydrogen) atoms. The Kier molecular flexibility index (Phi) is 3.05. The number of carbonyl (C=O) groups is 1. The van der Waals surface area contributed by atoms with E-state index in [1.165, 1.54) is 0 Å². The molecule has 0 bridgehead atoms. The lowest BCUT2D eigenvalue weighted by Gasteiger charge is -2.35. The highest BCUT2D eigenvalue weighted by molar-refractivity contribution is 5.72. The van der Waals surface area contributed by atoms with Gasteiger partial charge in [0.15, 0.2) is 0 Å². The third-order valence-electron chi connectivity index (χ3n) is 2.27. The van der Waals surface area contributed by atoms with E-state index in [9.17, 15) is 4.79 Å². The molecule has 0 aliphatic carbocycles. The molecule has 2 atom stereocenters. The minimum absolute atomic E-state index is 0.213. The van der Waals surface area contributed by atoms with Crippen molar-refractivity contribution in [3.63, 3.8) is 0 Å². The Morgan fingerprint density at radius 2 is 2.42 bits per heavy atom. The molecule has 0 amide bonds. The molecule has 0 saturated carbocycles. The van der Waals surface area contributed by atoms with Crippen LogP contribution in [0, 0.1) is 0 Å². The third kappa shape index (κ3) is 1.95. The summed E-state index contributed by atoms with van der Waals surface area (Å²) in [7, 11) is 0. The van der Waals surface area contributed by atoms with Crippen molar-refractivity contribution in [2.75, 3.05) is 19.8 Å². The molecule has 1 rings (SSSR count). The average Bonchev–Trinajstić information content (AvgIpc) is 2.04. The Morgan fingerprint density at radius 3 is 2.92 bits per heavy atom. The van der Waals surface area contributed by atoms with E-state index >= 15 is 0 Å². The minimum atomic E-state index is -0.760. The molecule has 1 aliphatic rings. The lowest BCUT2D eigenvalue weighted by Crippen LogP contribution is -2.51. The van der Waals surface area contributed by atoms with Gasteiger partial charge < -0.3 is 9.84 Å². The van der Waals surface area contributed by atoms with Crippen LogP contribution in [0.3, 0.4) is 0 Å². The normalized spacial score (nSPS) is 28.3. The highest BCUT2D eigenvalue weighted by atomic mass is 16.5. The standard InChI is InChI=1S/C8H15NO3/c1-6-5-12-4-3-9(6)7(2)8(10)11/h6-7H,3-5H2,1-2H3,(H,10,11). The van der Waals surface area contributed by atoms with Crippen molar-refractivity contribution in [3.05, 3.63) is 0 Å². The van der Waals surface area contributed by atoms with Crippen LogP contribution in [0.2, 0.25) is 0 Å². The molecule has 1 N–H and O–H groups in total. The van der Waals surface area contributed by atoms with Crippen molar-refractivity contribution in [3.8, 4) is 0 Å². The second-order valence-electron chi connectivity index (χ2n) is 3.18. The molecule has 0 aromatic rings. The molecule has 4 nitrogen and oxygen atoms in total. The summed E-state index contributed by atoms with van der Waals surface area (Å²) in [5, 5.41) is 8.77. The molecule has 70 valence electrons.